The van der Waals surface area contributed by atoms with Crippen LogP contribution in [0.15, 0.2) is 0 Å². The van der Waals surface area contributed by atoms with Crippen molar-refractivity contribution in [3.8, 4) is 0 Å². The lowest BCUT2D eigenvalue weighted by Crippen LogP contribution is -2.27. The summed E-state index contributed by atoms with van der Waals surface area (Å²) in [5.41, 5.74) is 0. The first-order valence-corrected chi connectivity index (χ1v) is 7.11. The van der Waals surface area contributed by atoms with Crippen LogP contribution in [-0.4, -0.2) is 22.4 Å². The van der Waals surface area contributed by atoms with Gasteiger partial charge in [-0.2, -0.15) is 0 Å². The number of hydrogen-bond acceptors (Lipinski definition) is 2. The zero-order valence-corrected chi connectivity index (χ0v) is 10.7. The summed E-state index contributed by atoms with van der Waals surface area (Å²) in [5.74, 6) is 0.402. The fourth-order valence-corrected chi connectivity index (χ4v) is 2.23. The molecular formula is C14H28O2. The molecule has 2 unspecified atom stereocenters. The monoisotopic (exact) mass is 228 g/mol. The molecule has 2 atom stereocenters. The van der Waals surface area contributed by atoms with Gasteiger partial charge in [-0.05, 0) is 25.2 Å². The molecular weight excluding hydrogens is 200 g/mol. The predicted octanol–water partition coefficient (Wildman–Crippen LogP) is 3.26. The van der Waals surface area contributed by atoms with E-state index in [2.05, 4.69) is 6.92 Å². The van der Waals surface area contributed by atoms with Crippen molar-refractivity contribution >= 4 is 0 Å². The van der Waals surface area contributed by atoms with Crippen LogP contribution in [0.3, 0.4) is 0 Å². The predicted molar refractivity (Wildman–Crippen MR) is 67.3 cm³/mol. The maximum atomic E-state index is 9.72. The molecule has 1 aliphatic rings. The van der Waals surface area contributed by atoms with Gasteiger partial charge in [0.2, 0.25) is 0 Å². The van der Waals surface area contributed by atoms with E-state index >= 15 is 0 Å². The van der Waals surface area contributed by atoms with Gasteiger partial charge in [-0.3, -0.25) is 0 Å². The van der Waals surface area contributed by atoms with E-state index < -0.39 is 12.2 Å². The zero-order valence-electron chi connectivity index (χ0n) is 10.7. The average molecular weight is 228 g/mol. The Balaban J connectivity index is 1.86. The molecule has 2 heteroatoms. The summed E-state index contributed by atoms with van der Waals surface area (Å²) in [5, 5.41) is 19.4. The Hall–Kier alpha value is -0.0800. The Bertz CT molecular complexity index is 166. The van der Waals surface area contributed by atoms with E-state index in [1.54, 1.807) is 0 Å². The molecule has 0 aliphatic heterocycles. The minimum Gasteiger partial charge on any atom is -0.390 e. The van der Waals surface area contributed by atoms with Crippen LogP contribution in [0, 0.1) is 5.92 Å². The fraction of sp³-hybridized carbons (Fsp3) is 1.00. The standard InChI is InChI=1S/C14H28O2/c1-2-3-4-5-6-7-8-9-13(15)14(16)12-10-11-12/h12-16H,2-11H2,1H3. The van der Waals surface area contributed by atoms with Gasteiger partial charge in [-0.25, -0.2) is 0 Å². The highest BCUT2D eigenvalue weighted by Crippen LogP contribution is 2.34. The molecule has 2 nitrogen and oxygen atoms in total. The summed E-state index contributed by atoms with van der Waals surface area (Å²) in [7, 11) is 0. The molecule has 1 fully saturated rings. The molecule has 0 heterocycles. The van der Waals surface area contributed by atoms with Crippen LogP contribution in [0.25, 0.3) is 0 Å². The van der Waals surface area contributed by atoms with E-state index in [4.69, 9.17) is 0 Å². The number of rotatable bonds is 10. The quantitative estimate of drug-likeness (QED) is 0.563. The average Bonchev–Trinajstić information content (AvgIpc) is 3.10. The minimum absolute atomic E-state index is 0.402. The Morgan fingerprint density at radius 3 is 2.06 bits per heavy atom. The van der Waals surface area contributed by atoms with Crippen LogP contribution >= 0.6 is 0 Å². The van der Waals surface area contributed by atoms with Crippen molar-refractivity contribution < 1.29 is 10.2 Å². The smallest absolute Gasteiger partial charge is 0.0827 e. The lowest BCUT2D eigenvalue weighted by Gasteiger charge is -2.16. The zero-order chi connectivity index (χ0) is 11.8. The summed E-state index contributed by atoms with van der Waals surface area (Å²) < 4.78 is 0. The van der Waals surface area contributed by atoms with Crippen LogP contribution in [0.5, 0.6) is 0 Å². The number of aliphatic hydroxyl groups excluding tert-OH is 2. The van der Waals surface area contributed by atoms with Gasteiger partial charge in [0.05, 0.1) is 12.2 Å². The maximum Gasteiger partial charge on any atom is 0.0827 e. The van der Waals surface area contributed by atoms with E-state index in [1.807, 2.05) is 0 Å². The Kier molecular flexibility index (Phi) is 7.06. The van der Waals surface area contributed by atoms with Crippen molar-refractivity contribution in [1.29, 1.82) is 0 Å². The molecule has 2 N–H and O–H groups in total. The Labute approximate surface area is 100 Å². The third-order valence-electron chi connectivity index (χ3n) is 3.60. The summed E-state index contributed by atoms with van der Waals surface area (Å²) in [6.07, 6.45) is 11.0. The van der Waals surface area contributed by atoms with E-state index in [0.717, 1.165) is 25.7 Å². The van der Waals surface area contributed by atoms with Gasteiger partial charge >= 0.3 is 0 Å². The molecule has 0 aromatic carbocycles. The largest absolute Gasteiger partial charge is 0.390 e. The third kappa shape index (κ3) is 5.86. The van der Waals surface area contributed by atoms with Gasteiger partial charge in [0.25, 0.3) is 0 Å². The van der Waals surface area contributed by atoms with Crippen molar-refractivity contribution in [2.24, 2.45) is 5.92 Å². The van der Waals surface area contributed by atoms with E-state index in [9.17, 15) is 10.2 Å². The van der Waals surface area contributed by atoms with Gasteiger partial charge in [0, 0.05) is 0 Å². The van der Waals surface area contributed by atoms with Crippen LogP contribution < -0.4 is 0 Å². The maximum absolute atomic E-state index is 9.72. The summed E-state index contributed by atoms with van der Waals surface area (Å²) in [6, 6.07) is 0. The molecule has 16 heavy (non-hydrogen) atoms. The topological polar surface area (TPSA) is 40.5 Å². The van der Waals surface area contributed by atoms with Crippen molar-refractivity contribution in [3.05, 3.63) is 0 Å². The molecule has 1 aliphatic carbocycles. The molecule has 0 aromatic rings. The van der Waals surface area contributed by atoms with Gasteiger partial charge in [-0.15, -0.1) is 0 Å². The molecule has 0 bridgehead atoms. The normalized spacial score (nSPS) is 19.7. The highest BCUT2D eigenvalue weighted by molar-refractivity contribution is 4.85. The van der Waals surface area contributed by atoms with Crippen LogP contribution in [0.1, 0.15) is 71.1 Å². The van der Waals surface area contributed by atoms with Crippen molar-refractivity contribution in [2.45, 2.75) is 83.3 Å². The van der Waals surface area contributed by atoms with Gasteiger partial charge < -0.3 is 10.2 Å². The van der Waals surface area contributed by atoms with E-state index in [0.29, 0.717) is 5.92 Å². The van der Waals surface area contributed by atoms with Crippen molar-refractivity contribution in [3.63, 3.8) is 0 Å². The SMILES string of the molecule is CCCCCCCCCC(O)C(O)C1CC1. The third-order valence-corrected chi connectivity index (χ3v) is 3.60. The van der Waals surface area contributed by atoms with Crippen molar-refractivity contribution in [1.82, 2.24) is 0 Å². The fourth-order valence-electron chi connectivity index (χ4n) is 2.23. The summed E-state index contributed by atoms with van der Waals surface area (Å²) in [4.78, 5) is 0. The molecule has 0 amide bonds. The highest BCUT2D eigenvalue weighted by atomic mass is 16.3. The van der Waals surface area contributed by atoms with Crippen molar-refractivity contribution in [2.75, 3.05) is 0 Å². The van der Waals surface area contributed by atoms with Gasteiger partial charge in [0.1, 0.15) is 0 Å². The van der Waals surface area contributed by atoms with E-state index in [-0.39, 0.29) is 0 Å². The van der Waals surface area contributed by atoms with Crippen LogP contribution in [0.2, 0.25) is 0 Å². The molecule has 1 saturated carbocycles. The molecule has 0 saturated heterocycles. The summed E-state index contributed by atoms with van der Waals surface area (Å²) in [6.45, 7) is 2.23. The molecule has 0 radical (unpaired) electrons. The number of aliphatic hydroxyl groups is 2. The molecule has 1 rings (SSSR count). The first-order valence-electron chi connectivity index (χ1n) is 7.11. The van der Waals surface area contributed by atoms with E-state index in [1.165, 1.54) is 38.5 Å². The second kappa shape index (κ2) is 8.08. The lowest BCUT2D eigenvalue weighted by molar-refractivity contribution is 0.000313. The Morgan fingerprint density at radius 1 is 0.938 bits per heavy atom. The minimum atomic E-state index is -0.469. The van der Waals surface area contributed by atoms with Gasteiger partial charge in [-0.1, -0.05) is 51.9 Å². The molecule has 0 spiro atoms. The lowest BCUT2D eigenvalue weighted by atomic mass is 10.0. The van der Waals surface area contributed by atoms with Gasteiger partial charge in [0.15, 0.2) is 0 Å². The number of hydrogen-bond donors (Lipinski definition) is 2. The molecule has 0 aromatic heterocycles. The Morgan fingerprint density at radius 2 is 1.50 bits per heavy atom. The second-order valence-corrected chi connectivity index (χ2v) is 5.31. The number of unbranched alkanes of at least 4 members (excludes halogenated alkanes) is 6. The second-order valence-electron chi connectivity index (χ2n) is 5.31. The first kappa shape index (κ1) is 14.0. The van der Waals surface area contributed by atoms with Crippen LogP contribution in [-0.2, 0) is 0 Å². The highest BCUT2D eigenvalue weighted by Gasteiger charge is 2.33. The summed E-state index contributed by atoms with van der Waals surface area (Å²) >= 11 is 0. The first-order chi connectivity index (χ1) is 7.75. The van der Waals surface area contributed by atoms with Crippen LogP contribution in [0.4, 0.5) is 0 Å². The molecule has 96 valence electrons.